The van der Waals surface area contributed by atoms with Crippen LogP contribution in [0.5, 0.6) is 0 Å². The van der Waals surface area contributed by atoms with E-state index in [-0.39, 0.29) is 52.8 Å². The van der Waals surface area contributed by atoms with Crippen LogP contribution in [0.15, 0.2) is 12.2 Å². The quantitative estimate of drug-likeness (QED) is 0.306. The van der Waals surface area contributed by atoms with E-state index in [0.717, 1.165) is 0 Å². The Morgan fingerprint density at radius 2 is 1.08 bits per heavy atom. The largest absolute Gasteiger partial charge is 1.00 e. The van der Waals surface area contributed by atoms with E-state index in [1.807, 2.05) is 0 Å². The molecule has 0 aliphatic heterocycles. The molecule has 0 amide bonds. The third-order valence-electron chi connectivity index (χ3n) is 4.00. The molecule has 138 valence electrons. The molecule has 24 heavy (non-hydrogen) atoms. The maximum Gasteiger partial charge on any atom is 1.00 e. The zero-order valence-electron chi connectivity index (χ0n) is 17.4. The molecule has 0 bridgehead atoms. The number of nitrogens with zero attached hydrogens (tertiary/aromatic N) is 1. The smallest absolute Gasteiger partial charge is 1.00 e. The molecule has 5 nitrogen and oxygen atoms in total. The van der Waals surface area contributed by atoms with E-state index >= 15 is 0 Å². The van der Waals surface area contributed by atoms with Crippen LogP contribution >= 0.6 is 0 Å². The van der Waals surface area contributed by atoms with Crippen LogP contribution in [-0.2, 0) is 9.59 Å². The van der Waals surface area contributed by atoms with Gasteiger partial charge in [-0.25, -0.2) is 9.59 Å². The number of unbranched alkanes of at least 4 members (excludes halogenated alkanes) is 3. The third kappa shape index (κ3) is 18.6. The Hall–Kier alpha value is 0.276. The first-order valence-corrected chi connectivity index (χ1v) is 8.86. The van der Waals surface area contributed by atoms with Gasteiger partial charge < -0.3 is 16.1 Å². The molecule has 0 rings (SSSR count). The zero-order valence-corrected chi connectivity index (χ0v) is 19.5. The van der Waals surface area contributed by atoms with Gasteiger partial charge in [-0.05, 0) is 26.2 Å². The van der Waals surface area contributed by atoms with Crippen molar-refractivity contribution in [2.45, 2.75) is 66.2 Å². The molecule has 0 aromatic carbocycles. The normalized spacial score (nSPS) is 10.7. The topological polar surface area (TPSA) is 74.6 Å². The molecule has 0 unspecified atom stereocenters. The zero-order chi connectivity index (χ0) is 18.1. The van der Waals surface area contributed by atoms with E-state index in [1.165, 1.54) is 69.2 Å². The number of carboxylic acids is 2. The summed E-state index contributed by atoms with van der Waals surface area (Å²) in [7, 11) is 0. The fourth-order valence-electron chi connectivity index (χ4n) is 2.43. The Kier molecular flexibility index (Phi) is 23.7. The third-order valence-corrected chi connectivity index (χ3v) is 4.00. The minimum absolute atomic E-state index is 0. The monoisotopic (exact) mass is 370 g/mol. The van der Waals surface area contributed by atoms with Gasteiger partial charge in [0.1, 0.15) is 0 Å². The Morgan fingerprint density at radius 3 is 1.25 bits per heavy atom. The van der Waals surface area contributed by atoms with Gasteiger partial charge in [-0.15, -0.1) is 0 Å². The second-order valence-electron chi connectivity index (χ2n) is 5.90. The first-order valence-electron chi connectivity index (χ1n) is 8.86. The predicted octanol–water partition coefficient (Wildman–Crippen LogP) is 1.05. The maximum atomic E-state index is 9.55. The van der Waals surface area contributed by atoms with Gasteiger partial charge in [-0.1, -0.05) is 40.0 Å². The molecule has 0 radical (unpaired) electrons. The van der Waals surface area contributed by atoms with Crippen LogP contribution in [0.25, 0.3) is 0 Å². The molecule has 0 aromatic heterocycles. The van der Waals surface area contributed by atoms with E-state index in [1.54, 1.807) is 0 Å². The second kappa shape index (κ2) is 19.6. The molecule has 0 saturated heterocycles. The van der Waals surface area contributed by atoms with Crippen molar-refractivity contribution in [1.82, 2.24) is 0 Å². The molecule has 0 aromatic rings. The first kappa shape index (κ1) is 29.1. The summed E-state index contributed by atoms with van der Waals surface area (Å²) in [6.07, 6.45) is 9.36. The van der Waals surface area contributed by atoms with E-state index < -0.39 is 11.9 Å². The van der Waals surface area contributed by atoms with Crippen molar-refractivity contribution in [2.75, 3.05) is 26.2 Å². The first-order chi connectivity index (χ1) is 10.9. The van der Waals surface area contributed by atoms with Crippen molar-refractivity contribution in [3.05, 3.63) is 12.2 Å². The maximum absolute atomic E-state index is 9.55. The Bertz CT molecular complexity index is 314. The Morgan fingerprint density at radius 1 is 0.792 bits per heavy atom. The van der Waals surface area contributed by atoms with E-state index in [4.69, 9.17) is 10.2 Å². The predicted molar refractivity (Wildman–Crippen MR) is 95.7 cm³/mol. The van der Waals surface area contributed by atoms with Crippen LogP contribution < -0.4 is 51.4 Å². The summed E-state index contributed by atoms with van der Waals surface area (Å²) in [6, 6.07) is 0. The molecule has 0 atom stereocenters. The average molecular weight is 371 g/mol. The van der Waals surface area contributed by atoms with Crippen molar-refractivity contribution in [3.63, 3.8) is 0 Å². The second-order valence-corrected chi connectivity index (χ2v) is 5.90. The summed E-state index contributed by atoms with van der Waals surface area (Å²) in [5, 5.41) is 15.6. The fourth-order valence-corrected chi connectivity index (χ4v) is 2.43. The Labute approximate surface area is 192 Å². The summed E-state index contributed by atoms with van der Waals surface area (Å²) in [4.78, 5) is 19.1. The molecule has 0 aliphatic carbocycles. The van der Waals surface area contributed by atoms with Gasteiger partial charge in [0.05, 0.1) is 26.2 Å². The van der Waals surface area contributed by atoms with Gasteiger partial charge in [-0.3, -0.25) is 0 Å². The Balaban J connectivity index is -0.000000190. The summed E-state index contributed by atoms with van der Waals surface area (Å²) >= 11 is 0. The SMILES string of the molecule is CCCC[N+](CC)(CCCC)CCCC.O=C(O)/C=C\C(=O)O.[H-].[K+]. The van der Waals surface area contributed by atoms with Gasteiger partial charge >= 0.3 is 63.3 Å². The van der Waals surface area contributed by atoms with Crippen molar-refractivity contribution in [3.8, 4) is 0 Å². The standard InChI is InChI=1S/C14H32N.C4H4O4.K.H/c1-5-9-12-15(8-4,13-10-6-2)14-11-7-3;5-3(6)1-2-4(7)8;;/h5-14H2,1-4H3;1-2H,(H,5,6)(H,7,8);;/q+1;;+1;-1/b;2-1-;;. The van der Waals surface area contributed by atoms with Crippen molar-refractivity contribution >= 4 is 11.9 Å². The molecule has 2 N–H and O–H groups in total. The summed E-state index contributed by atoms with van der Waals surface area (Å²) < 4.78 is 1.38. The van der Waals surface area contributed by atoms with Crippen LogP contribution in [0.3, 0.4) is 0 Å². The summed E-state index contributed by atoms with van der Waals surface area (Å²) in [5.41, 5.74) is 0. The van der Waals surface area contributed by atoms with Gasteiger partial charge in [-0.2, -0.15) is 0 Å². The van der Waals surface area contributed by atoms with Crippen molar-refractivity contribution in [2.24, 2.45) is 0 Å². The van der Waals surface area contributed by atoms with Crippen LogP contribution in [0.1, 0.15) is 67.6 Å². The van der Waals surface area contributed by atoms with Gasteiger partial charge in [0, 0.05) is 12.2 Å². The van der Waals surface area contributed by atoms with E-state index in [9.17, 15) is 9.59 Å². The van der Waals surface area contributed by atoms with Crippen LogP contribution in [0.4, 0.5) is 0 Å². The van der Waals surface area contributed by atoms with Crippen LogP contribution in [0, 0.1) is 0 Å². The molecule has 0 spiro atoms. The number of hydrogen-bond acceptors (Lipinski definition) is 2. The molecule has 0 saturated carbocycles. The number of carbonyl (C=O) groups is 2. The minimum Gasteiger partial charge on any atom is -1.00 e. The van der Waals surface area contributed by atoms with Crippen molar-refractivity contribution in [1.29, 1.82) is 0 Å². The number of quaternary nitrogens is 1. The number of aliphatic carboxylic acids is 2. The van der Waals surface area contributed by atoms with E-state index in [0.29, 0.717) is 12.2 Å². The number of hydrogen-bond donors (Lipinski definition) is 2. The summed E-state index contributed by atoms with van der Waals surface area (Å²) in [5.74, 6) is -2.51. The molecule has 0 heterocycles. The molecular weight excluding hydrogens is 333 g/mol. The molecule has 6 heteroatoms. The number of rotatable bonds is 12. The van der Waals surface area contributed by atoms with Crippen molar-refractivity contribution < 1.29 is 77.1 Å². The van der Waals surface area contributed by atoms with E-state index in [2.05, 4.69) is 27.7 Å². The van der Waals surface area contributed by atoms with Crippen LogP contribution in [-0.4, -0.2) is 52.8 Å². The van der Waals surface area contributed by atoms with Gasteiger partial charge in [0.2, 0.25) is 0 Å². The minimum atomic E-state index is -1.26. The fraction of sp³-hybridized carbons (Fsp3) is 0.778. The average Bonchev–Trinajstić information content (AvgIpc) is 2.53. The van der Waals surface area contributed by atoms with Gasteiger partial charge in [0.25, 0.3) is 0 Å². The molecule has 0 aliphatic rings. The van der Waals surface area contributed by atoms with Crippen LogP contribution in [0.2, 0.25) is 0 Å². The summed E-state index contributed by atoms with van der Waals surface area (Å²) in [6.45, 7) is 14.9. The molecular formula is C18H37KNO4+. The molecule has 0 fully saturated rings. The van der Waals surface area contributed by atoms with Gasteiger partial charge in [0.15, 0.2) is 0 Å². The number of carboxylic acid groups (broad SMARTS) is 2.